The lowest BCUT2D eigenvalue weighted by Crippen LogP contribution is -2.37. The van der Waals surface area contributed by atoms with Crippen LogP contribution in [0.5, 0.6) is 23.0 Å². The topological polar surface area (TPSA) is 249 Å². The average molecular weight is 992 g/mol. The van der Waals surface area contributed by atoms with E-state index in [1.807, 2.05) is 50.2 Å². The monoisotopic (exact) mass is 990 g/mol. The molecule has 16 nitrogen and oxygen atoms in total. The molecule has 0 aliphatic heterocycles. The van der Waals surface area contributed by atoms with Crippen LogP contribution in [0.2, 0.25) is 10.0 Å². The Morgan fingerprint density at radius 3 is 1.56 bits per heavy atom. The second-order valence-electron chi connectivity index (χ2n) is 16.1. The van der Waals surface area contributed by atoms with Crippen molar-refractivity contribution < 1.29 is 49.0 Å². The highest BCUT2D eigenvalue weighted by atomic mass is 35.5. The first-order valence-corrected chi connectivity index (χ1v) is 22.8. The maximum atomic E-state index is 11.8. The number of hydrogen-bond acceptors (Lipinski definition) is 14. The number of nitrogens with zero attached hydrogens (tertiary/aromatic N) is 3. The number of carbonyl (C=O) groups is 2. The Hall–Kier alpha value is -7.10. The molecule has 0 aliphatic rings. The molecule has 2 aromatic heterocycles. The highest BCUT2D eigenvalue weighted by Crippen LogP contribution is 2.37. The Kier molecular flexibility index (Phi) is 19.0. The molecular formula is C52H52Cl2N6O10. The van der Waals surface area contributed by atoms with Crippen molar-refractivity contribution in [2.75, 3.05) is 13.2 Å². The van der Waals surface area contributed by atoms with Gasteiger partial charge in [0.15, 0.2) is 0 Å². The summed E-state index contributed by atoms with van der Waals surface area (Å²) in [6.45, 7) is 3.96. The molecule has 70 heavy (non-hydrogen) atoms. The third-order valence-electron chi connectivity index (χ3n) is 11.4. The largest absolute Gasteiger partial charge is 0.488 e. The molecule has 0 bridgehead atoms. The van der Waals surface area contributed by atoms with Crippen molar-refractivity contribution in [3.8, 4) is 40.2 Å². The van der Waals surface area contributed by atoms with Gasteiger partial charge in [-0.3, -0.25) is 19.6 Å². The van der Waals surface area contributed by atoms with Crippen molar-refractivity contribution in [3.05, 3.63) is 163 Å². The summed E-state index contributed by atoms with van der Waals surface area (Å²) in [6, 6.07) is 22.0. The van der Waals surface area contributed by atoms with Crippen LogP contribution in [0.3, 0.4) is 0 Å². The lowest BCUT2D eigenvalue weighted by molar-refractivity contribution is -0.140. The predicted octanol–water partition coefficient (Wildman–Crippen LogP) is 8.10. The number of carboxylic acids is 2. The summed E-state index contributed by atoms with van der Waals surface area (Å²) in [7, 11) is 0. The first kappa shape index (κ1) is 52.3. The van der Waals surface area contributed by atoms with Crippen LogP contribution in [0.15, 0.2) is 97.6 Å². The molecule has 6 rings (SSSR count). The number of aliphatic hydroxyl groups is 2. The van der Waals surface area contributed by atoms with Crippen molar-refractivity contribution in [2.24, 2.45) is 0 Å². The molecule has 0 aliphatic carbocycles. The molecule has 0 fully saturated rings. The Morgan fingerprint density at radius 2 is 1.11 bits per heavy atom. The van der Waals surface area contributed by atoms with E-state index in [1.165, 1.54) is 12.4 Å². The summed E-state index contributed by atoms with van der Waals surface area (Å²) >= 11 is 13.6. The van der Waals surface area contributed by atoms with Crippen molar-refractivity contribution in [2.45, 2.75) is 78.3 Å². The highest BCUT2D eigenvalue weighted by molar-refractivity contribution is 6.32. The average Bonchev–Trinajstić information content (AvgIpc) is 3.35. The third kappa shape index (κ3) is 14.0. The molecule has 0 amide bonds. The molecular weight excluding hydrogens is 940 g/mol. The number of aromatic nitrogens is 2. The highest BCUT2D eigenvalue weighted by Gasteiger charge is 2.21. The second kappa shape index (κ2) is 25.5. The minimum absolute atomic E-state index is 0.000676. The van der Waals surface area contributed by atoms with Crippen molar-refractivity contribution in [3.63, 3.8) is 0 Å². The predicted molar refractivity (Wildman–Crippen MR) is 263 cm³/mol. The quantitative estimate of drug-likeness (QED) is 0.0254. The number of pyridine rings is 2. The van der Waals surface area contributed by atoms with E-state index in [0.29, 0.717) is 56.4 Å². The summed E-state index contributed by atoms with van der Waals surface area (Å²) in [5.74, 6) is -0.793. The van der Waals surface area contributed by atoms with Crippen molar-refractivity contribution in [1.82, 2.24) is 20.6 Å². The van der Waals surface area contributed by atoms with Gasteiger partial charge in [-0.1, -0.05) is 59.6 Å². The van der Waals surface area contributed by atoms with Gasteiger partial charge in [0.05, 0.1) is 15.6 Å². The molecule has 0 saturated carbocycles. The summed E-state index contributed by atoms with van der Waals surface area (Å²) in [5.41, 5.74) is 9.09. The molecule has 0 spiro atoms. The number of aliphatic carboxylic acids is 2. The number of hydrogen-bond donors (Lipinski definition) is 7. The van der Waals surface area contributed by atoms with Crippen LogP contribution < -0.4 is 29.6 Å². The van der Waals surface area contributed by atoms with Crippen LogP contribution in [-0.4, -0.2) is 73.8 Å². The summed E-state index contributed by atoms with van der Waals surface area (Å²) < 4.78 is 25.1. The summed E-state index contributed by atoms with van der Waals surface area (Å²) in [5, 5.41) is 61.5. The normalized spacial score (nSPS) is 11.8. The summed E-state index contributed by atoms with van der Waals surface area (Å²) in [4.78, 5) is 31.9. The van der Waals surface area contributed by atoms with Gasteiger partial charge < -0.3 is 55.4 Å². The number of rotatable bonds is 26. The number of benzene rings is 4. The number of nitrogens with one attached hydrogen (secondary N) is 3. The first-order valence-electron chi connectivity index (χ1n) is 22.1. The molecule has 0 saturated heterocycles. The molecule has 2 atom stereocenters. The fourth-order valence-corrected chi connectivity index (χ4v) is 7.94. The van der Waals surface area contributed by atoms with Crippen molar-refractivity contribution >= 4 is 41.4 Å². The van der Waals surface area contributed by atoms with E-state index in [0.717, 1.165) is 33.4 Å². The maximum Gasteiger partial charge on any atom is 0.320 e. The zero-order valence-corrected chi connectivity index (χ0v) is 39.9. The Morgan fingerprint density at radius 1 is 0.657 bits per heavy atom. The molecule has 4 aromatic carbocycles. The third-order valence-corrected chi connectivity index (χ3v) is 12.0. The van der Waals surface area contributed by atoms with Crippen LogP contribution in [0.25, 0.3) is 11.1 Å². The van der Waals surface area contributed by atoms with Gasteiger partial charge in [-0.2, -0.15) is 5.26 Å². The lowest BCUT2D eigenvalue weighted by atomic mass is 9.92. The number of aliphatic hydroxyl groups excluding tert-OH is 2. The fraction of sp³-hybridized carbons (Fsp3) is 0.269. The fourth-order valence-electron chi connectivity index (χ4n) is 7.46. The molecule has 18 heteroatoms. The number of halogens is 2. The SMILES string of the molecule is Cc1c(COc2cc(OCc3cncc(C=N)c3)c(CN[C@@H](CCO)C(=O)O)cc2Cl)cccc1-c1cccc(COc2cc(OCc3cncc(C#N)c3)c(CN[C@H](CCO)C(=O)O)cc2Cl)c1C. The van der Waals surface area contributed by atoms with Crippen LogP contribution in [0.4, 0.5) is 0 Å². The van der Waals surface area contributed by atoms with E-state index in [1.54, 1.807) is 55.0 Å². The summed E-state index contributed by atoms with van der Waals surface area (Å²) in [6.07, 6.45) is 7.41. The van der Waals surface area contributed by atoms with E-state index in [-0.39, 0.29) is 75.6 Å². The van der Waals surface area contributed by atoms with Gasteiger partial charge in [0, 0.05) is 97.3 Å². The van der Waals surface area contributed by atoms with Crippen LogP contribution in [0, 0.1) is 30.6 Å². The first-order chi connectivity index (χ1) is 33.8. The smallest absolute Gasteiger partial charge is 0.320 e. The minimum atomic E-state index is -1.11. The van der Waals surface area contributed by atoms with Crippen molar-refractivity contribution in [1.29, 1.82) is 10.7 Å². The number of ether oxygens (including phenoxy) is 4. The zero-order chi connectivity index (χ0) is 50.2. The van der Waals surface area contributed by atoms with E-state index in [2.05, 4.69) is 26.7 Å². The Balaban J connectivity index is 1.21. The van der Waals surface area contributed by atoms with Gasteiger partial charge in [0.2, 0.25) is 0 Å². The lowest BCUT2D eigenvalue weighted by Gasteiger charge is -2.20. The van der Waals surface area contributed by atoms with Gasteiger partial charge >= 0.3 is 11.9 Å². The molecule has 2 heterocycles. The van der Waals surface area contributed by atoms with Gasteiger partial charge in [-0.05, 0) is 84.3 Å². The second-order valence-corrected chi connectivity index (χ2v) is 17.0. The molecule has 0 unspecified atom stereocenters. The van der Waals surface area contributed by atoms with Gasteiger partial charge in [0.25, 0.3) is 0 Å². The van der Waals surface area contributed by atoms with E-state index in [9.17, 15) is 35.3 Å². The minimum Gasteiger partial charge on any atom is -0.488 e. The molecule has 0 radical (unpaired) electrons. The zero-order valence-electron chi connectivity index (χ0n) is 38.4. The molecule has 364 valence electrons. The van der Waals surface area contributed by atoms with Crippen LogP contribution in [0.1, 0.15) is 68.5 Å². The van der Waals surface area contributed by atoms with E-state index < -0.39 is 24.0 Å². The van der Waals surface area contributed by atoms with E-state index >= 15 is 0 Å². The molecule has 6 aromatic rings. The number of nitriles is 1. The van der Waals surface area contributed by atoms with Gasteiger partial charge in [-0.15, -0.1) is 0 Å². The molecule has 7 N–H and O–H groups in total. The maximum absolute atomic E-state index is 11.8. The van der Waals surface area contributed by atoms with Gasteiger partial charge in [0.1, 0.15) is 67.6 Å². The van der Waals surface area contributed by atoms with Crippen LogP contribution in [-0.2, 0) is 49.1 Å². The number of carboxylic acid groups (broad SMARTS) is 2. The Bertz CT molecular complexity index is 2860. The van der Waals surface area contributed by atoms with E-state index in [4.69, 9.17) is 47.6 Å². The van der Waals surface area contributed by atoms with Gasteiger partial charge in [-0.25, -0.2) is 0 Å². The standard InChI is InChI=1S/C52H52Cl2N6O10/c1-31-37(29-69-49-17-47(67-27-35-13-33(19-55)21-57-23-35)39(15-43(49)53)25-59-45(9-11-61)51(63)64)5-3-7-41(31)42-8-4-6-38(32(42)2)30-70-50-18-48(68-28-36-14-34(20-56)22-58-24-36)40(16-44(50)54)26-60-46(10-12-62)52(65)66/h3-8,13-19,21-24,45-46,55,59-62H,9-12,25-30H2,1-2H3,(H,63,64)(H,65,66)/t45-,46+/m0/s1. The van der Waals surface area contributed by atoms with Crippen LogP contribution >= 0.6 is 23.2 Å². The Labute approximate surface area is 414 Å².